The highest BCUT2D eigenvalue weighted by atomic mass is 35.5. The molecule has 3 aromatic rings. The van der Waals surface area contributed by atoms with Gasteiger partial charge in [0.15, 0.2) is 0 Å². The van der Waals surface area contributed by atoms with Gasteiger partial charge in [-0.05, 0) is 44.5 Å². The molecule has 2 aromatic carbocycles. The zero-order chi connectivity index (χ0) is 22.2. The number of benzene rings is 2. The molecule has 2 amide bonds. The number of nitrogens with zero attached hydrogens (tertiary/aromatic N) is 2. The Hall–Kier alpha value is -2.90. The number of amides is 2. The van der Waals surface area contributed by atoms with E-state index in [1.807, 2.05) is 42.7 Å². The van der Waals surface area contributed by atoms with Crippen molar-refractivity contribution in [1.82, 2.24) is 20.2 Å². The Morgan fingerprint density at radius 3 is 2.68 bits per heavy atom. The van der Waals surface area contributed by atoms with Crippen LogP contribution in [0, 0.1) is 0 Å². The molecule has 0 aliphatic heterocycles. The Morgan fingerprint density at radius 2 is 1.90 bits per heavy atom. The number of fused-ring (bicyclic) bond motifs is 1. The van der Waals surface area contributed by atoms with Crippen LogP contribution >= 0.6 is 11.6 Å². The van der Waals surface area contributed by atoms with Crippen LogP contribution in [0.5, 0.6) is 0 Å². The summed E-state index contributed by atoms with van der Waals surface area (Å²) in [5, 5.41) is 6.23. The average Bonchev–Trinajstić information content (AvgIpc) is 3.12. The van der Waals surface area contributed by atoms with Gasteiger partial charge in [0, 0.05) is 19.8 Å². The minimum absolute atomic E-state index is 0.108. The third-order valence-corrected chi connectivity index (χ3v) is 5.16. The second-order valence-electron chi connectivity index (χ2n) is 7.12. The van der Waals surface area contributed by atoms with Gasteiger partial charge in [0.25, 0.3) is 5.91 Å². The molecule has 0 bridgehead atoms. The summed E-state index contributed by atoms with van der Waals surface area (Å²) in [7, 11) is 0. The van der Waals surface area contributed by atoms with Gasteiger partial charge in [-0.2, -0.15) is 0 Å². The smallest absolute Gasteiger partial charge is 0.253 e. The third-order valence-electron chi connectivity index (χ3n) is 4.83. The number of aromatic nitrogens is 2. The van der Waals surface area contributed by atoms with Crippen LogP contribution in [0.25, 0.3) is 11.0 Å². The number of hydrogen-bond donors (Lipinski definition) is 2. The lowest BCUT2D eigenvalue weighted by atomic mass is 10.2. The van der Waals surface area contributed by atoms with Crippen molar-refractivity contribution in [1.29, 1.82) is 0 Å². The van der Waals surface area contributed by atoms with E-state index in [2.05, 4.69) is 15.6 Å². The van der Waals surface area contributed by atoms with Crippen molar-refractivity contribution in [2.75, 3.05) is 19.8 Å². The molecule has 2 N–H and O–H groups in total. The average molecular weight is 443 g/mol. The highest BCUT2D eigenvalue weighted by Crippen LogP contribution is 2.22. The molecule has 0 spiro atoms. The fraction of sp³-hybridized carbons (Fsp3) is 0.348. The van der Waals surface area contributed by atoms with Crippen molar-refractivity contribution in [3.05, 3.63) is 64.9 Å². The summed E-state index contributed by atoms with van der Waals surface area (Å²) in [6.45, 7) is 5.70. The monoisotopic (exact) mass is 442 g/mol. The van der Waals surface area contributed by atoms with Crippen LogP contribution < -0.4 is 10.6 Å². The first-order valence-corrected chi connectivity index (χ1v) is 10.7. The number of carbonyl (C=O) groups is 2. The van der Waals surface area contributed by atoms with Crippen LogP contribution in [-0.2, 0) is 16.1 Å². The molecule has 164 valence electrons. The van der Waals surface area contributed by atoms with E-state index in [-0.39, 0.29) is 18.4 Å². The van der Waals surface area contributed by atoms with Crippen molar-refractivity contribution >= 4 is 34.4 Å². The quantitative estimate of drug-likeness (QED) is 0.468. The molecular formula is C23H27ClN4O3. The minimum atomic E-state index is -0.429. The van der Waals surface area contributed by atoms with Gasteiger partial charge >= 0.3 is 0 Å². The lowest BCUT2D eigenvalue weighted by Crippen LogP contribution is -2.32. The summed E-state index contributed by atoms with van der Waals surface area (Å²) < 4.78 is 7.13. The van der Waals surface area contributed by atoms with E-state index in [4.69, 9.17) is 16.3 Å². The van der Waals surface area contributed by atoms with Gasteiger partial charge in [0.1, 0.15) is 12.4 Å². The summed E-state index contributed by atoms with van der Waals surface area (Å²) in [6.07, 6.45) is 0.751. The van der Waals surface area contributed by atoms with E-state index in [1.54, 1.807) is 24.3 Å². The van der Waals surface area contributed by atoms with Gasteiger partial charge in [-0.1, -0.05) is 35.9 Å². The van der Waals surface area contributed by atoms with Gasteiger partial charge < -0.3 is 19.9 Å². The Morgan fingerprint density at radius 1 is 1.16 bits per heavy atom. The molecule has 31 heavy (non-hydrogen) atoms. The van der Waals surface area contributed by atoms with Crippen LogP contribution in [0.3, 0.4) is 0 Å². The first kappa shape index (κ1) is 22.8. The van der Waals surface area contributed by atoms with Crippen molar-refractivity contribution in [2.24, 2.45) is 0 Å². The molecule has 8 heteroatoms. The molecule has 0 fully saturated rings. The Labute approximate surface area is 186 Å². The number of halogens is 1. The van der Waals surface area contributed by atoms with Crippen LogP contribution in [0.1, 0.15) is 42.5 Å². The Balaban J connectivity index is 1.76. The molecule has 1 aromatic heterocycles. The molecule has 0 aliphatic carbocycles. The van der Waals surface area contributed by atoms with Crippen molar-refractivity contribution < 1.29 is 14.3 Å². The van der Waals surface area contributed by atoms with Crippen LogP contribution in [0.2, 0.25) is 5.02 Å². The molecule has 1 unspecified atom stereocenters. The predicted molar refractivity (Wildman–Crippen MR) is 121 cm³/mol. The van der Waals surface area contributed by atoms with E-state index >= 15 is 0 Å². The number of carbonyl (C=O) groups excluding carboxylic acids is 2. The highest BCUT2D eigenvalue weighted by molar-refractivity contribution is 6.33. The maximum atomic E-state index is 12.7. The molecule has 0 saturated heterocycles. The number of ether oxygens (including phenoxy) is 1. The van der Waals surface area contributed by atoms with E-state index in [9.17, 15) is 9.59 Å². The van der Waals surface area contributed by atoms with Gasteiger partial charge in [-0.15, -0.1) is 0 Å². The topological polar surface area (TPSA) is 85.2 Å². The zero-order valence-corrected chi connectivity index (χ0v) is 18.5. The lowest BCUT2D eigenvalue weighted by Gasteiger charge is -2.17. The summed E-state index contributed by atoms with van der Waals surface area (Å²) in [6, 6.07) is 14.0. The van der Waals surface area contributed by atoms with Crippen molar-refractivity contribution in [2.45, 2.75) is 32.9 Å². The predicted octanol–water partition coefficient (Wildman–Crippen LogP) is 3.72. The van der Waals surface area contributed by atoms with Crippen LogP contribution in [0.4, 0.5) is 0 Å². The zero-order valence-electron chi connectivity index (χ0n) is 17.7. The lowest BCUT2D eigenvalue weighted by molar-refractivity contribution is -0.121. The normalized spacial score (nSPS) is 12.0. The van der Waals surface area contributed by atoms with Gasteiger partial charge in [-0.25, -0.2) is 4.98 Å². The fourth-order valence-electron chi connectivity index (χ4n) is 3.32. The van der Waals surface area contributed by atoms with E-state index < -0.39 is 6.04 Å². The summed E-state index contributed by atoms with van der Waals surface area (Å²) >= 11 is 6.15. The molecule has 1 atom stereocenters. The van der Waals surface area contributed by atoms with E-state index in [0.717, 1.165) is 17.5 Å². The number of para-hydroxylation sites is 2. The van der Waals surface area contributed by atoms with E-state index in [0.29, 0.717) is 36.2 Å². The molecule has 1 heterocycles. The van der Waals surface area contributed by atoms with Crippen LogP contribution in [-0.4, -0.2) is 41.1 Å². The van der Waals surface area contributed by atoms with Gasteiger partial charge in [0.05, 0.1) is 27.7 Å². The number of hydrogen-bond acceptors (Lipinski definition) is 4. The molecule has 0 radical (unpaired) electrons. The molecular weight excluding hydrogens is 416 g/mol. The van der Waals surface area contributed by atoms with Crippen LogP contribution in [0.15, 0.2) is 48.5 Å². The summed E-state index contributed by atoms with van der Waals surface area (Å²) in [4.78, 5) is 29.9. The third kappa shape index (κ3) is 5.83. The highest BCUT2D eigenvalue weighted by Gasteiger charge is 2.21. The fourth-order valence-corrected chi connectivity index (χ4v) is 3.54. The molecule has 7 nitrogen and oxygen atoms in total. The Kier molecular flexibility index (Phi) is 8.03. The summed E-state index contributed by atoms with van der Waals surface area (Å²) in [5.74, 6) is 0.189. The first-order chi connectivity index (χ1) is 15.0. The maximum absolute atomic E-state index is 12.7. The summed E-state index contributed by atoms with van der Waals surface area (Å²) in [5.41, 5.74) is 1.99. The molecule has 0 saturated carbocycles. The second kappa shape index (κ2) is 10.9. The van der Waals surface area contributed by atoms with Crippen molar-refractivity contribution in [3.63, 3.8) is 0 Å². The van der Waals surface area contributed by atoms with Gasteiger partial charge in [0.2, 0.25) is 5.91 Å². The minimum Gasteiger partial charge on any atom is -0.382 e. The Bertz CT molecular complexity index is 1050. The number of nitrogens with one attached hydrogen (secondary N) is 2. The second-order valence-corrected chi connectivity index (χ2v) is 7.53. The van der Waals surface area contributed by atoms with E-state index in [1.165, 1.54) is 0 Å². The molecule has 0 aliphatic rings. The number of rotatable bonds is 10. The molecule has 3 rings (SSSR count). The standard InChI is InChI=1S/C23H27ClN4O3/c1-3-31-14-8-13-25-21(29)15-28-20-12-7-6-11-19(20)27-22(28)16(2)26-23(30)17-9-4-5-10-18(17)24/h4-7,9-12,16H,3,8,13-15H2,1-2H3,(H,25,29)(H,26,30). The maximum Gasteiger partial charge on any atom is 0.253 e. The largest absolute Gasteiger partial charge is 0.382 e. The van der Waals surface area contributed by atoms with Gasteiger partial charge in [-0.3, -0.25) is 9.59 Å². The number of imidazole rings is 1. The first-order valence-electron chi connectivity index (χ1n) is 10.4. The SMILES string of the molecule is CCOCCCNC(=O)Cn1c(C(C)NC(=O)c2ccccc2Cl)nc2ccccc21. The van der Waals surface area contributed by atoms with Crippen molar-refractivity contribution in [3.8, 4) is 0 Å².